The average Bonchev–Trinajstić information content (AvgIpc) is 2.97. The second-order valence-corrected chi connectivity index (χ2v) is 6.86. The Labute approximate surface area is 160 Å². The molecule has 1 unspecified atom stereocenters. The Bertz CT molecular complexity index is 1020. The molecule has 1 atom stereocenters. The van der Waals surface area contributed by atoms with Crippen LogP contribution in [-0.4, -0.2) is 34.8 Å². The van der Waals surface area contributed by atoms with Crippen molar-refractivity contribution in [3.8, 4) is 11.8 Å². The summed E-state index contributed by atoms with van der Waals surface area (Å²) >= 11 is 0. The Balaban J connectivity index is 2.21. The molecule has 1 aromatic heterocycles. The quantitative estimate of drug-likeness (QED) is 0.787. The van der Waals surface area contributed by atoms with Gasteiger partial charge >= 0.3 is 0 Å². The molecule has 2 heterocycles. The summed E-state index contributed by atoms with van der Waals surface area (Å²) in [5.41, 5.74) is 5.15. The SMILES string of the molecule is CC#CC(=O)N1CCCC(c2c(F)cc(C(N)=O)c3[nH]c(C)c(C(F)F)c23)C1. The lowest BCUT2D eigenvalue weighted by Gasteiger charge is -2.32. The minimum absolute atomic E-state index is 0.0119. The van der Waals surface area contributed by atoms with Gasteiger partial charge in [-0.25, -0.2) is 13.2 Å². The second-order valence-electron chi connectivity index (χ2n) is 6.86. The number of benzene rings is 1. The number of amides is 2. The number of H-pyrrole nitrogens is 1. The number of aryl methyl sites for hydroxylation is 1. The summed E-state index contributed by atoms with van der Waals surface area (Å²) in [6, 6.07) is 0.984. The molecule has 1 saturated heterocycles. The molecular formula is C20H20F3N3O2. The van der Waals surface area contributed by atoms with Gasteiger partial charge in [-0.1, -0.05) is 5.92 Å². The summed E-state index contributed by atoms with van der Waals surface area (Å²) in [7, 11) is 0. The first-order valence-electron chi connectivity index (χ1n) is 8.90. The number of aromatic amines is 1. The number of alkyl halides is 2. The van der Waals surface area contributed by atoms with Crippen molar-refractivity contribution in [1.29, 1.82) is 0 Å². The standard InChI is InChI=1S/C20H20F3N3O2/c1-3-5-14(27)26-7-4-6-11(9-26)16-13(21)8-12(20(24)28)18-17(16)15(19(22)23)10(2)25-18/h8,11,19,25H,4,6-7,9H2,1-2H3,(H2,24,28). The maximum Gasteiger partial charge on any atom is 0.298 e. The number of primary amides is 1. The van der Waals surface area contributed by atoms with E-state index in [1.165, 1.54) is 11.8 Å². The number of aromatic nitrogens is 1. The van der Waals surface area contributed by atoms with Crippen LogP contribution in [0.25, 0.3) is 10.9 Å². The number of halogens is 3. The van der Waals surface area contributed by atoms with E-state index in [4.69, 9.17) is 5.73 Å². The average molecular weight is 391 g/mol. The van der Waals surface area contributed by atoms with Crippen LogP contribution in [0.4, 0.5) is 13.2 Å². The summed E-state index contributed by atoms with van der Waals surface area (Å²) in [6.07, 6.45) is -1.74. The molecule has 28 heavy (non-hydrogen) atoms. The number of fused-ring (bicyclic) bond motifs is 1. The first kappa shape index (κ1) is 19.8. The van der Waals surface area contributed by atoms with E-state index in [0.717, 1.165) is 6.07 Å². The predicted molar refractivity (Wildman–Crippen MR) is 98.5 cm³/mol. The first-order valence-corrected chi connectivity index (χ1v) is 8.90. The third-order valence-corrected chi connectivity index (χ3v) is 5.14. The lowest BCUT2D eigenvalue weighted by Crippen LogP contribution is -2.38. The molecule has 3 N–H and O–H groups in total. The highest BCUT2D eigenvalue weighted by Crippen LogP contribution is 2.41. The van der Waals surface area contributed by atoms with Crippen molar-refractivity contribution in [2.24, 2.45) is 5.73 Å². The number of nitrogens with one attached hydrogen (secondary N) is 1. The van der Waals surface area contributed by atoms with E-state index in [1.807, 2.05) is 0 Å². The zero-order valence-electron chi connectivity index (χ0n) is 15.5. The Hall–Kier alpha value is -2.95. The number of hydrogen-bond donors (Lipinski definition) is 2. The van der Waals surface area contributed by atoms with Crippen LogP contribution in [0, 0.1) is 24.6 Å². The van der Waals surface area contributed by atoms with Gasteiger partial charge in [-0.05, 0) is 38.7 Å². The molecule has 3 rings (SSSR count). The van der Waals surface area contributed by atoms with Gasteiger partial charge in [-0.15, -0.1) is 0 Å². The molecule has 0 bridgehead atoms. The normalized spacial score (nSPS) is 16.9. The number of nitrogens with zero attached hydrogens (tertiary/aromatic N) is 1. The van der Waals surface area contributed by atoms with Crippen LogP contribution in [-0.2, 0) is 4.79 Å². The van der Waals surface area contributed by atoms with Gasteiger partial charge in [0.1, 0.15) is 5.82 Å². The molecule has 0 radical (unpaired) electrons. The fourth-order valence-corrected chi connectivity index (χ4v) is 3.97. The number of likely N-dealkylation sites (tertiary alicyclic amines) is 1. The van der Waals surface area contributed by atoms with Gasteiger partial charge in [-0.3, -0.25) is 9.59 Å². The Morgan fingerprint density at radius 3 is 2.71 bits per heavy atom. The van der Waals surface area contributed by atoms with Gasteiger partial charge in [0.25, 0.3) is 18.2 Å². The van der Waals surface area contributed by atoms with E-state index in [2.05, 4.69) is 16.8 Å². The third-order valence-electron chi connectivity index (χ3n) is 5.14. The van der Waals surface area contributed by atoms with Crippen molar-refractivity contribution < 1.29 is 22.8 Å². The highest BCUT2D eigenvalue weighted by molar-refractivity contribution is 6.07. The smallest absolute Gasteiger partial charge is 0.298 e. The second kappa shape index (κ2) is 7.58. The highest BCUT2D eigenvalue weighted by atomic mass is 19.3. The van der Waals surface area contributed by atoms with Crippen molar-refractivity contribution in [2.45, 2.75) is 39.0 Å². The number of piperidine rings is 1. The van der Waals surface area contributed by atoms with E-state index in [9.17, 15) is 18.4 Å². The fourth-order valence-electron chi connectivity index (χ4n) is 3.97. The zero-order valence-corrected chi connectivity index (χ0v) is 15.5. The largest absolute Gasteiger partial charge is 0.366 e. The predicted octanol–water partition coefficient (Wildman–Crippen LogP) is 3.38. The van der Waals surface area contributed by atoms with Crippen LogP contribution >= 0.6 is 0 Å². The Kier molecular flexibility index (Phi) is 5.36. The molecular weight excluding hydrogens is 371 g/mol. The fraction of sp³-hybridized carbons (Fsp3) is 0.400. The topological polar surface area (TPSA) is 79.2 Å². The van der Waals surface area contributed by atoms with Crippen molar-refractivity contribution >= 4 is 22.7 Å². The van der Waals surface area contributed by atoms with Crippen molar-refractivity contribution in [3.63, 3.8) is 0 Å². The molecule has 8 heteroatoms. The third kappa shape index (κ3) is 3.33. The summed E-state index contributed by atoms with van der Waals surface area (Å²) in [4.78, 5) is 28.1. The number of rotatable bonds is 3. The number of carbonyl (C=O) groups excluding carboxylic acids is 2. The van der Waals surface area contributed by atoms with Gasteiger partial charge < -0.3 is 15.6 Å². The van der Waals surface area contributed by atoms with Crippen LogP contribution in [0.5, 0.6) is 0 Å². The van der Waals surface area contributed by atoms with E-state index < -0.39 is 24.1 Å². The molecule has 1 aliphatic rings. The van der Waals surface area contributed by atoms with Crippen molar-refractivity contribution in [1.82, 2.24) is 9.88 Å². The number of hydrogen-bond acceptors (Lipinski definition) is 2. The lowest BCUT2D eigenvalue weighted by atomic mass is 9.86. The molecule has 0 saturated carbocycles. The highest BCUT2D eigenvalue weighted by Gasteiger charge is 2.32. The van der Waals surface area contributed by atoms with E-state index in [1.54, 1.807) is 6.92 Å². The summed E-state index contributed by atoms with van der Waals surface area (Å²) in [5, 5.41) is -0.0119. The van der Waals surface area contributed by atoms with Crippen molar-refractivity contribution in [2.75, 3.05) is 13.1 Å². The molecule has 0 aliphatic carbocycles. The van der Waals surface area contributed by atoms with Crippen LogP contribution in [0.3, 0.4) is 0 Å². The van der Waals surface area contributed by atoms with Crippen LogP contribution in [0.2, 0.25) is 0 Å². The Morgan fingerprint density at radius 1 is 1.39 bits per heavy atom. The molecule has 2 amide bonds. The van der Waals surface area contributed by atoms with E-state index in [-0.39, 0.29) is 45.7 Å². The van der Waals surface area contributed by atoms with Crippen molar-refractivity contribution in [3.05, 3.63) is 34.3 Å². The minimum Gasteiger partial charge on any atom is -0.366 e. The number of nitrogens with two attached hydrogens (primary N) is 1. The summed E-state index contributed by atoms with van der Waals surface area (Å²) < 4.78 is 42.6. The summed E-state index contributed by atoms with van der Waals surface area (Å²) in [6.45, 7) is 3.63. The number of carbonyl (C=O) groups is 2. The lowest BCUT2D eigenvalue weighted by molar-refractivity contribution is -0.126. The molecule has 1 aromatic carbocycles. The van der Waals surface area contributed by atoms with E-state index in [0.29, 0.717) is 19.4 Å². The molecule has 0 spiro atoms. The van der Waals surface area contributed by atoms with Gasteiger partial charge in [-0.2, -0.15) is 0 Å². The molecule has 148 valence electrons. The van der Waals surface area contributed by atoms with Gasteiger partial charge in [0.2, 0.25) is 0 Å². The molecule has 2 aromatic rings. The maximum absolute atomic E-state index is 15.1. The van der Waals surface area contributed by atoms with Gasteiger partial charge in [0.05, 0.1) is 11.1 Å². The van der Waals surface area contributed by atoms with Crippen LogP contribution in [0.15, 0.2) is 6.07 Å². The van der Waals surface area contributed by atoms with Gasteiger partial charge in [0.15, 0.2) is 0 Å². The zero-order chi connectivity index (χ0) is 20.6. The Morgan fingerprint density at radius 2 is 2.11 bits per heavy atom. The summed E-state index contributed by atoms with van der Waals surface area (Å²) in [5.74, 6) is 2.44. The van der Waals surface area contributed by atoms with Crippen LogP contribution < -0.4 is 5.73 Å². The maximum atomic E-state index is 15.1. The minimum atomic E-state index is -2.86. The molecule has 1 aliphatic heterocycles. The van der Waals surface area contributed by atoms with Crippen LogP contribution in [0.1, 0.15) is 59.3 Å². The first-order chi connectivity index (χ1) is 13.3. The monoisotopic (exact) mass is 391 g/mol. The van der Waals surface area contributed by atoms with E-state index >= 15 is 4.39 Å². The molecule has 5 nitrogen and oxygen atoms in total. The van der Waals surface area contributed by atoms with Gasteiger partial charge in [0, 0.05) is 41.2 Å². The molecule has 1 fully saturated rings.